The summed E-state index contributed by atoms with van der Waals surface area (Å²) in [5.41, 5.74) is 0.932. The first-order chi connectivity index (χ1) is 16.5. The van der Waals surface area contributed by atoms with Gasteiger partial charge in [-0.2, -0.15) is 0 Å². The van der Waals surface area contributed by atoms with E-state index in [1.807, 2.05) is 45.0 Å². The zero-order chi connectivity index (χ0) is 26.2. The molecular formula is C28H41N3O4. The van der Waals surface area contributed by atoms with E-state index in [0.717, 1.165) is 42.6 Å². The molecule has 192 valence electrons. The Bertz CT molecular complexity index is 908. The fraction of sp³-hybridized carbons (Fsp3) is 0.607. The van der Waals surface area contributed by atoms with Gasteiger partial charge in [0.25, 0.3) is 5.91 Å². The van der Waals surface area contributed by atoms with Gasteiger partial charge in [0, 0.05) is 12.1 Å². The van der Waals surface area contributed by atoms with Crippen molar-refractivity contribution in [1.29, 1.82) is 0 Å². The zero-order valence-electron chi connectivity index (χ0n) is 22.0. The number of carbonyl (C=O) groups is 3. The summed E-state index contributed by atoms with van der Waals surface area (Å²) in [5, 5.41) is 5.81. The summed E-state index contributed by atoms with van der Waals surface area (Å²) in [6, 6.07) is 7.96. The molecule has 2 N–H and O–H groups in total. The first-order valence-electron chi connectivity index (χ1n) is 12.6. The maximum absolute atomic E-state index is 13.8. The minimum absolute atomic E-state index is 0.0594. The average Bonchev–Trinajstić information content (AvgIpc) is 2.80. The van der Waals surface area contributed by atoms with Crippen LogP contribution >= 0.6 is 0 Å². The van der Waals surface area contributed by atoms with Gasteiger partial charge in [-0.25, -0.2) is 4.79 Å². The molecule has 2 rings (SSSR count). The number of benzene rings is 1. The summed E-state index contributed by atoms with van der Waals surface area (Å²) < 4.78 is 5.38. The molecule has 1 saturated carbocycles. The van der Waals surface area contributed by atoms with Gasteiger partial charge in [-0.15, -0.1) is 0 Å². The fourth-order valence-corrected chi connectivity index (χ4v) is 4.23. The Morgan fingerprint density at radius 3 is 2.26 bits per heavy atom. The molecule has 1 aromatic carbocycles. The van der Waals surface area contributed by atoms with E-state index in [4.69, 9.17) is 11.2 Å². The second kappa shape index (κ2) is 12.6. The molecule has 0 spiro atoms. The van der Waals surface area contributed by atoms with Gasteiger partial charge < -0.3 is 15.4 Å². The zero-order valence-corrected chi connectivity index (χ0v) is 22.0. The van der Waals surface area contributed by atoms with Crippen LogP contribution in [0.1, 0.15) is 90.3 Å². The molecule has 3 atom stereocenters. The number of ether oxygens (including phenoxy) is 1. The number of amides is 3. The SMILES string of the molecule is C#CN(C(=O)C(NC(=O)OC(C)(C)C)C(C)CC)C(C(=O)NC1CCCCC1)c1ccc(C)cc1. The summed E-state index contributed by atoms with van der Waals surface area (Å²) in [6.07, 6.45) is 10.9. The van der Waals surface area contributed by atoms with Gasteiger partial charge in [0.2, 0.25) is 5.91 Å². The molecule has 7 nitrogen and oxygen atoms in total. The van der Waals surface area contributed by atoms with Gasteiger partial charge >= 0.3 is 6.09 Å². The predicted octanol–water partition coefficient (Wildman–Crippen LogP) is 4.84. The number of nitrogens with zero attached hydrogens (tertiary/aromatic N) is 1. The monoisotopic (exact) mass is 483 g/mol. The van der Waals surface area contributed by atoms with Crippen LogP contribution in [0.25, 0.3) is 0 Å². The van der Waals surface area contributed by atoms with Crippen LogP contribution in [0.3, 0.4) is 0 Å². The summed E-state index contributed by atoms with van der Waals surface area (Å²) >= 11 is 0. The highest BCUT2D eigenvalue weighted by Crippen LogP contribution is 2.26. The van der Waals surface area contributed by atoms with Crippen molar-refractivity contribution in [2.75, 3.05) is 0 Å². The highest BCUT2D eigenvalue weighted by Gasteiger charge is 2.38. The van der Waals surface area contributed by atoms with E-state index in [0.29, 0.717) is 12.0 Å². The van der Waals surface area contributed by atoms with Gasteiger partial charge in [0.15, 0.2) is 0 Å². The van der Waals surface area contributed by atoms with E-state index in [2.05, 4.69) is 16.7 Å². The molecule has 35 heavy (non-hydrogen) atoms. The van der Waals surface area contributed by atoms with Crippen molar-refractivity contribution < 1.29 is 19.1 Å². The maximum atomic E-state index is 13.8. The summed E-state index contributed by atoms with van der Waals surface area (Å²) in [4.78, 5) is 41.0. The molecule has 0 bridgehead atoms. The van der Waals surface area contributed by atoms with E-state index in [1.54, 1.807) is 20.8 Å². The molecular weight excluding hydrogens is 442 g/mol. The van der Waals surface area contributed by atoms with Crippen molar-refractivity contribution in [3.8, 4) is 12.5 Å². The van der Waals surface area contributed by atoms with Crippen molar-refractivity contribution in [2.24, 2.45) is 5.92 Å². The Hall–Kier alpha value is -3.01. The van der Waals surface area contributed by atoms with E-state index in [-0.39, 0.29) is 17.9 Å². The van der Waals surface area contributed by atoms with Crippen LogP contribution in [0.5, 0.6) is 0 Å². The first-order valence-corrected chi connectivity index (χ1v) is 12.6. The van der Waals surface area contributed by atoms with Gasteiger partial charge in [-0.3, -0.25) is 14.5 Å². The van der Waals surface area contributed by atoms with Crippen LogP contribution in [0.15, 0.2) is 24.3 Å². The topological polar surface area (TPSA) is 87.7 Å². The van der Waals surface area contributed by atoms with Crippen LogP contribution in [-0.4, -0.2) is 40.5 Å². The Morgan fingerprint density at radius 1 is 1.14 bits per heavy atom. The summed E-state index contributed by atoms with van der Waals surface area (Å²) in [5.74, 6) is -1.06. The van der Waals surface area contributed by atoms with Gasteiger partial charge in [0.1, 0.15) is 17.7 Å². The molecule has 3 unspecified atom stereocenters. The smallest absolute Gasteiger partial charge is 0.408 e. The van der Waals surface area contributed by atoms with E-state index >= 15 is 0 Å². The van der Waals surface area contributed by atoms with E-state index in [1.165, 1.54) is 0 Å². The Morgan fingerprint density at radius 2 is 1.74 bits per heavy atom. The lowest BCUT2D eigenvalue weighted by atomic mass is 9.94. The number of hydrogen-bond donors (Lipinski definition) is 2. The minimum atomic E-state index is -1.01. The van der Waals surface area contributed by atoms with Crippen molar-refractivity contribution in [2.45, 2.75) is 104 Å². The Labute approximate surface area is 210 Å². The van der Waals surface area contributed by atoms with Gasteiger partial charge in [0.05, 0.1) is 0 Å². The molecule has 0 saturated heterocycles. The number of terminal acetylenes is 1. The minimum Gasteiger partial charge on any atom is -0.444 e. The van der Waals surface area contributed by atoms with Crippen LogP contribution < -0.4 is 10.6 Å². The van der Waals surface area contributed by atoms with Crippen LogP contribution in [0.4, 0.5) is 4.79 Å². The van der Waals surface area contributed by atoms with Crippen LogP contribution in [0.2, 0.25) is 0 Å². The maximum Gasteiger partial charge on any atom is 0.408 e. The van der Waals surface area contributed by atoms with Crippen molar-refractivity contribution in [1.82, 2.24) is 15.5 Å². The van der Waals surface area contributed by atoms with Crippen molar-refractivity contribution in [3.63, 3.8) is 0 Å². The molecule has 3 amide bonds. The molecule has 0 radical (unpaired) electrons. The molecule has 0 aromatic heterocycles. The number of nitrogens with one attached hydrogen (secondary N) is 2. The van der Waals surface area contributed by atoms with Crippen LogP contribution in [0, 0.1) is 25.3 Å². The highest BCUT2D eigenvalue weighted by molar-refractivity contribution is 5.93. The lowest BCUT2D eigenvalue weighted by Crippen LogP contribution is -2.54. The molecule has 1 aromatic rings. The Kier molecular flexibility index (Phi) is 10.2. The number of alkyl carbamates (subject to hydrolysis) is 1. The average molecular weight is 484 g/mol. The number of hydrogen-bond acceptors (Lipinski definition) is 4. The summed E-state index contributed by atoms with van der Waals surface area (Å²) in [6.45, 7) is 11.0. The summed E-state index contributed by atoms with van der Waals surface area (Å²) in [7, 11) is 0. The van der Waals surface area contributed by atoms with Gasteiger partial charge in [-0.05, 0) is 52.0 Å². The number of rotatable bonds is 8. The number of carbonyl (C=O) groups excluding carboxylic acids is 3. The molecule has 7 heteroatoms. The quantitative estimate of drug-likeness (QED) is 0.409. The van der Waals surface area contributed by atoms with E-state index in [9.17, 15) is 14.4 Å². The van der Waals surface area contributed by atoms with Crippen molar-refractivity contribution in [3.05, 3.63) is 35.4 Å². The van der Waals surface area contributed by atoms with Gasteiger partial charge in [-0.1, -0.05) is 75.8 Å². The third-order valence-corrected chi connectivity index (χ3v) is 6.38. The highest BCUT2D eigenvalue weighted by atomic mass is 16.6. The molecule has 0 aliphatic heterocycles. The largest absolute Gasteiger partial charge is 0.444 e. The predicted molar refractivity (Wildman–Crippen MR) is 137 cm³/mol. The molecule has 1 aliphatic rings. The second-order valence-electron chi connectivity index (χ2n) is 10.5. The van der Waals surface area contributed by atoms with Crippen molar-refractivity contribution >= 4 is 17.9 Å². The third-order valence-electron chi connectivity index (χ3n) is 6.38. The molecule has 1 fully saturated rings. The second-order valence-corrected chi connectivity index (χ2v) is 10.5. The lowest BCUT2D eigenvalue weighted by Gasteiger charge is -2.33. The van der Waals surface area contributed by atoms with E-state index < -0.39 is 29.7 Å². The normalized spacial score (nSPS) is 16.8. The molecule has 0 heterocycles. The molecule has 1 aliphatic carbocycles. The number of aryl methyl sites for hydroxylation is 1. The first kappa shape index (κ1) is 28.2. The Balaban J connectivity index is 2.38. The standard InChI is InChI=1S/C28H41N3O4/c1-8-20(4)23(30-27(34)35-28(5,6)7)26(33)31(9-2)24(21-17-15-19(3)16-18-21)25(32)29-22-13-11-10-12-14-22/h2,15-18,20,22-24H,8,10-14H2,1,3-7H3,(H,29,32)(H,30,34). The fourth-order valence-electron chi connectivity index (χ4n) is 4.23. The third kappa shape index (κ3) is 8.31. The van der Waals surface area contributed by atoms with Crippen LogP contribution in [-0.2, 0) is 14.3 Å². The lowest BCUT2D eigenvalue weighted by molar-refractivity contribution is -0.139.